The molecule has 280 valence electrons. The third-order valence-corrected chi connectivity index (χ3v) is 14.6. The predicted molar refractivity (Wildman–Crippen MR) is 215 cm³/mol. The van der Waals surface area contributed by atoms with Crippen molar-refractivity contribution >= 4 is 0 Å². The summed E-state index contributed by atoms with van der Waals surface area (Å²) in [6.45, 7) is 4.05. The molecule has 4 fully saturated rings. The van der Waals surface area contributed by atoms with Crippen molar-refractivity contribution in [2.24, 2.45) is 0 Å². The zero-order valence-electron chi connectivity index (χ0n) is 32.1. The molecule has 53 heavy (non-hydrogen) atoms. The summed E-state index contributed by atoms with van der Waals surface area (Å²) >= 11 is 0. The molecule has 0 radical (unpaired) electrons. The summed E-state index contributed by atoms with van der Waals surface area (Å²) in [5, 5.41) is 44.5. The standard InChI is InChI=1S/C49H60O4/c1-32-27-37(15-18-44(32)50)48(23-9-10-24-48)40-28-33(2)47(53)43(31-40)36-21-25-49(26-22-36,38-16-19-45(51)41(29-38)34-11-5-3-6-12-34)39-17-20-46(52)42(30-39)35-13-7-4-8-14-35/h15-20,27-31,34-36,50-53H,3-14,21-26H2,1-2H3. The largest absolute Gasteiger partial charge is 0.508 e. The monoisotopic (exact) mass is 712 g/mol. The number of phenols is 4. The Labute approximate surface area is 317 Å². The summed E-state index contributed by atoms with van der Waals surface area (Å²) in [6.07, 6.45) is 20.2. The minimum Gasteiger partial charge on any atom is -0.508 e. The van der Waals surface area contributed by atoms with Crippen LogP contribution >= 0.6 is 0 Å². The van der Waals surface area contributed by atoms with Gasteiger partial charge in [-0.15, -0.1) is 0 Å². The lowest BCUT2D eigenvalue weighted by atomic mass is 9.61. The molecule has 4 nitrogen and oxygen atoms in total. The van der Waals surface area contributed by atoms with Crippen LogP contribution in [0.4, 0.5) is 0 Å². The van der Waals surface area contributed by atoms with Crippen LogP contribution in [0.2, 0.25) is 0 Å². The molecule has 0 spiro atoms. The van der Waals surface area contributed by atoms with Gasteiger partial charge >= 0.3 is 0 Å². The van der Waals surface area contributed by atoms with E-state index in [1.165, 1.54) is 73.6 Å². The van der Waals surface area contributed by atoms with Gasteiger partial charge in [-0.05, 0) is 164 Å². The third kappa shape index (κ3) is 6.63. The molecule has 0 heterocycles. The SMILES string of the molecule is Cc1cc(C2(c3cc(C)c(O)c(C4CCC(c5ccc(O)c(C6CCCCC6)c5)(c5ccc(O)c(C6CCCCC6)c5)CC4)c3)CCCC2)ccc1O. The second kappa shape index (κ2) is 14.7. The van der Waals surface area contributed by atoms with Gasteiger partial charge in [-0.2, -0.15) is 0 Å². The molecule has 4 saturated carbocycles. The number of aryl methyl sites for hydroxylation is 2. The van der Waals surface area contributed by atoms with Crippen molar-refractivity contribution in [2.45, 2.75) is 158 Å². The maximum absolute atomic E-state index is 11.7. The van der Waals surface area contributed by atoms with Gasteiger partial charge in [-0.1, -0.05) is 99.9 Å². The molecular formula is C49H60O4. The van der Waals surface area contributed by atoms with Crippen molar-refractivity contribution in [2.75, 3.05) is 0 Å². The summed E-state index contributed by atoms with van der Waals surface area (Å²) in [5.41, 5.74) is 9.95. The van der Waals surface area contributed by atoms with Crippen LogP contribution in [-0.2, 0) is 10.8 Å². The zero-order chi connectivity index (χ0) is 36.7. The second-order valence-corrected chi connectivity index (χ2v) is 17.6. The Bertz CT molecular complexity index is 1860. The van der Waals surface area contributed by atoms with Crippen molar-refractivity contribution in [1.82, 2.24) is 0 Å². The van der Waals surface area contributed by atoms with Crippen molar-refractivity contribution in [3.8, 4) is 23.0 Å². The minimum atomic E-state index is -0.247. The Kier molecular flexibility index (Phi) is 10.0. The summed E-state index contributed by atoms with van der Waals surface area (Å²) in [4.78, 5) is 0. The maximum atomic E-state index is 11.7. The van der Waals surface area contributed by atoms with Crippen LogP contribution in [0, 0.1) is 13.8 Å². The highest BCUT2D eigenvalue weighted by Crippen LogP contribution is 2.55. The minimum absolute atomic E-state index is 0.118. The number of hydrogen-bond acceptors (Lipinski definition) is 4. The molecule has 0 aromatic heterocycles. The number of aromatic hydroxyl groups is 4. The Hall–Kier alpha value is -3.92. The maximum Gasteiger partial charge on any atom is 0.121 e. The Balaban J connectivity index is 1.18. The van der Waals surface area contributed by atoms with Gasteiger partial charge in [-0.25, -0.2) is 0 Å². The van der Waals surface area contributed by atoms with E-state index in [0.29, 0.717) is 34.8 Å². The summed E-state index contributed by atoms with van der Waals surface area (Å²) in [6, 6.07) is 23.7. The number of hydrogen-bond donors (Lipinski definition) is 4. The first kappa shape index (κ1) is 36.1. The van der Waals surface area contributed by atoms with E-state index in [1.807, 2.05) is 25.1 Å². The van der Waals surface area contributed by atoms with Gasteiger partial charge in [0.25, 0.3) is 0 Å². The van der Waals surface area contributed by atoms with E-state index < -0.39 is 0 Å². The van der Waals surface area contributed by atoms with Gasteiger partial charge in [0.2, 0.25) is 0 Å². The average Bonchev–Trinajstić information content (AvgIpc) is 3.69. The molecule has 0 saturated heterocycles. The number of rotatable bonds is 7. The third-order valence-electron chi connectivity index (χ3n) is 14.6. The summed E-state index contributed by atoms with van der Waals surface area (Å²) in [7, 11) is 0. The van der Waals surface area contributed by atoms with Crippen molar-refractivity contribution < 1.29 is 20.4 Å². The molecule has 4 heteroatoms. The zero-order valence-corrected chi connectivity index (χ0v) is 32.1. The molecular weight excluding hydrogens is 653 g/mol. The highest BCUT2D eigenvalue weighted by molar-refractivity contribution is 5.54. The van der Waals surface area contributed by atoms with E-state index in [1.54, 1.807) is 0 Å². The van der Waals surface area contributed by atoms with Gasteiger partial charge in [0, 0.05) is 10.8 Å². The second-order valence-electron chi connectivity index (χ2n) is 17.6. The molecule has 0 atom stereocenters. The lowest BCUT2D eigenvalue weighted by Gasteiger charge is -2.43. The molecule has 4 aromatic carbocycles. The first-order chi connectivity index (χ1) is 25.7. The fraction of sp³-hybridized carbons (Fsp3) is 0.510. The Morgan fingerprint density at radius 2 is 0.811 bits per heavy atom. The predicted octanol–water partition coefficient (Wildman–Crippen LogP) is 12.7. The van der Waals surface area contributed by atoms with Crippen molar-refractivity contribution in [3.05, 3.63) is 117 Å². The van der Waals surface area contributed by atoms with Gasteiger partial charge in [0.15, 0.2) is 0 Å². The fourth-order valence-electron chi connectivity index (χ4n) is 11.4. The van der Waals surface area contributed by atoms with Crippen LogP contribution in [0.15, 0.2) is 66.7 Å². The van der Waals surface area contributed by atoms with E-state index in [4.69, 9.17) is 0 Å². The van der Waals surface area contributed by atoms with Gasteiger partial charge in [-0.3, -0.25) is 0 Å². The fourth-order valence-corrected chi connectivity index (χ4v) is 11.4. The molecule has 4 aliphatic carbocycles. The van der Waals surface area contributed by atoms with Crippen LogP contribution in [-0.4, -0.2) is 20.4 Å². The van der Waals surface area contributed by atoms with E-state index in [9.17, 15) is 20.4 Å². The Morgan fingerprint density at radius 1 is 0.396 bits per heavy atom. The van der Waals surface area contributed by atoms with Crippen molar-refractivity contribution in [3.63, 3.8) is 0 Å². The number of phenolic OH excluding ortho intramolecular Hbond substituents is 4. The van der Waals surface area contributed by atoms with Crippen LogP contribution in [0.5, 0.6) is 23.0 Å². The highest BCUT2D eigenvalue weighted by Gasteiger charge is 2.43. The van der Waals surface area contributed by atoms with E-state index in [0.717, 1.165) is 92.0 Å². The highest BCUT2D eigenvalue weighted by atomic mass is 16.3. The Morgan fingerprint density at radius 3 is 1.32 bits per heavy atom. The molecule has 4 aliphatic rings. The molecule has 4 aromatic rings. The van der Waals surface area contributed by atoms with E-state index >= 15 is 0 Å². The van der Waals surface area contributed by atoms with E-state index in [2.05, 4.69) is 55.5 Å². The first-order valence-corrected chi connectivity index (χ1v) is 21.0. The summed E-state index contributed by atoms with van der Waals surface area (Å²) in [5.74, 6) is 2.67. The van der Waals surface area contributed by atoms with Crippen molar-refractivity contribution in [1.29, 1.82) is 0 Å². The van der Waals surface area contributed by atoms with Crippen LogP contribution in [0.3, 0.4) is 0 Å². The molecule has 0 unspecified atom stereocenters. The number of benzene rings is 4. The summed E-state index contributed by atoms with van der Waals surface area (Å²) < 4.78 is 0. The quantitative estimate of drug-likeness (QED) is 0.154. The smallest absolute Gasteiger partial charge is 0.121 e. The van der Waals surface area contributed by atoms with Crippen LogP contribution in [0.25, 0.3) is 0 Å². The van der Waals surface area contributed by atoms with E-state index in [-0.39, 0.29) is 16.7 Å². The molecule has 0 amide bonds. The topological polar surface area (TPSA) is 80.9 Å². The molecule has 8 rings (SSSR count). The lowest BCUT2D eigenvalue weighted by molar-refractivity contribution is 0.307. The van der Waals surface area contributed by atoms with Gasteiger partial charge < -0.3 is 20.4 Å². The van der Waals surface area contributed by atoms with Crippen LogP contribution < -0.4 is 0 Å². The molecule has 4 N–H and O–H groups in total. The van der Waals surface area contributed by atoms with Gasteiger partial charge in [0.05, 0.1) is 0 Å². The molecule has 0 bridgehead atoms. The lowest BCUT2D eigenvalue weighted by Crippen LogP contribution is -2.33. The van der Waals surface area contributed by atoms with Gasteiger partial charge in [0.1, 0.15) is 23.0 Å². The average molecular weight is 713 g/mol. The normalized spacial score (nSPS) is 21.2. The molecule has 0 aliphatic heterocycles. The first-order valence-electron chi connectivity index (χ1n) is 21.0. The van der Waals surface area contributed by atoms with Crippen LogP contribution in [0.1, 0.15) is 183 Å².